The maximum absolute atomic E-state index is 14.6. The lowest BCUT2D eigenvalue weighted by molar-refractivity contribution is -0.00860. The number of aromatic nitrogens is 6. The van der Waals surface area contributed by atoms with Crippen LogP contribution in [0.3, 0.4) is 0 Å². The second-order valence-electron chi connectivity index (χ2n) is 7.67. The first-order valence-corrected chi connectivity index (χ1v) is 10.3. The highest BCUT2D eigenvalue weighted by Crippen LogP contribution is 2.28. The number of aliphatic hydroxyl groups excluding tert-OH is 1. The molecule has 0 saturated heterocycles. The number of hydrogen-bond donors (Lipinski definition) is 2. The zero-order valence-electron chi connectivity index (χ0n) is 18.2. The zero-order valence-corrected chi connectivity index (χ0v) is 18.2. The zero-order chi connectivity index (χ0) is 24.1. The number of ether oxygens (including phenoxy) is 1. The average Bonchev–Trinajstić information content (AvgIpc) is 3.44. The van der Waals surface area contributed by atoms with Crippen molar-refractivity contribution in [3.05, 3.63) is 90.0 Å². The van der Waals surface area contributed by atoms with Crippen LogP contribution in [0, 0.1) is 11.6 Å². The quantitative estimate of drug-likeness (QED) is 0.363. The fraction of sp³-hybridized carbons (Fsp3) is 0.217. The summed E-state index contributed by atoms with van der Waals surface area (Å²) < 4.78 is 35.9. The monoisotopic (exact) mass is 468 g/mol. The molecule has 0 aliphatic heterocycles. The molecule has 0 radical (unpaired) electrons. The topological polar surface area (TPSA) is 111 Å². The minimum Gasteiger partial charge on any atom is -0.465 e. The lowest BCUT2D eigenvalue weighted by Crippen LogP contribution is -2.37. The van der Waals surface area contributed by atoms with Crippen molar-refractivity contribution in [1.82, 2.24) is 29.5 Å². The second kappa shape index (κ2) is 9.89. The van der Waals surface area contributed by atoms with Gasteiger partial charge in [-0.15, -0.1) is 0 Å². The van der Waals surface area contributed by atoms with E-state index in [1.54, 1.807) is 36.4 Å². The third-order valence-corrected chi connectivity index (χ3v) is 4.91. The van der Waals surface area contributed by atoms with Gasteiger partial charge in [0.15, 0.2) is 12.1 Å². The van der Waals surface area contributed by atoms with Gasteiger partial charge in [0.05, 0.1) is 13.1 Å². The molecule has 2 atom stereocenters. The molecule has 0 amide bonds. The number of nitrogens with zero attached hydrogens (tertiary/aromatic N) is 6. The van der Waals surface area contributed by atoms with Gasteiger partial charge >= 0.3 is 0 Å². The Labute approximate surface area is 193 Å². The Balaban J connectivity index is 1.53. The molecule has 2 N–H and O–H groups in total. The van der Waals surface area contributed by atoms with Gasteiger partial charge in [-0.2, -0.15) is 10.2 Å². The van der Waals surface area contributed by atoms with E-state index in [9.17, 15) is 19.0 Å². The minimum atomic E-state index is -1.81. The molecule has 4 aromatic rings. The molecule has 0 aliphatic carbocycles. The standard InChI is InChI=1S/C23H22F2N6O3/c1-16(32)34-19-6-2-17(3-7-19)4-9-22-27-15-31(29-22)12-23(33,11-30-14-26-13-28-30)20-8-5-18(24)10-21(20)25/h2-10,13-16,32-33H,11-12H2,1H3/b9-4+. The van der Waals surface area contributed by atoms with Crippen LogP contribution in [0.25, 0.3) is 12.2 Å². The van der Waals surface area contributed by atoms with E-state index in [0.29, 0.717) is 17.6 Å². The first kappa shape index (κ1) is 23.2. The number of aliphatic hydroxyl groups is 2. The Hall–Kier alpha value is -3.96. The lowest BCUT2D eigenvalue weighted by atomic mass is 9.93. The molecule has 2 aromatic carbocycles. The van der Waals surface area contributed by atoms with E-state index in [2.05, 4.69) is 20.2 Å². The van der Waals surface area contributed by atoms with E-state index in [-0.39, 0.29) is 18.7 Å². The number of halogens is 2. The third kappa shape index (κ3) is 5.69. The van der Waals surface area contributed by atoms with Crippen LogP contribution in [0.5, 0.6) is 5.75 Å². The molecule has 176 valence electrons. The van der Waals surface area contributed by atoms with E-state index < -0.39 is 23.5 Å². The largest absolute Gasteiger partial charge is 0.465 e. The molecule has 2 aromatic heterocycles. The average molecular weight is 468 g/mol. The first-order chi connectivity index (χ1) is 16.3. The van der Waals surface area contributed by atoms with Crippen molar-refractivity contribution in [3.63, 3.8) is 0 Å². The van der Waals surface area contributed by atoms with Crippen LogP contribution >= 0.6 is 0 Å². The normalized spacial score (nSPS) is 14.3. The van der Waals surface area contributed by atoms with Crippen molar-refractivity contribution in [3.8, 4) is 5.75 Å². The van der Waals surface area contributed by atoms with Gasteiger partial charge in [0.2, 0.25) is 0 Å². The molecule has 0 fully saturated rings. The molecule has 0 aliphatic rings. The second-order valence-corrected chi connectivity index (χ2v) is 7.67. The van der Waals surface area contributed by atoms with E-state index in [1.165, 1.54) is 41.3 Å². The van der Waals surface area contributed by atoms with Crippen LogP contribution in [-0.2, 0) is 18.7 Å². The summed E-state index contributed by atoms with van der Waals surface area (Å²) in [7, 11) is 0. The van der Waals surface area contributed by atoms with Crippen molar-refractivity contribution in [2.24, 2.45) is 0 Å². The molecule has 9 nitrogen and oxygen atoms in total. The van der Waals surface area contributed by atoms with Gasteiger partial charge in [-0.3, -0.25) is 0 Å². The summed E-state index contributed by atoms with van der Waals surface area (Å²) in [6.45, 7) is 1.22. The highest BCUT2D eigenvalue weighted by molar-refractivity contribution is 5.66. The van der Waals surface area contributed by atoms with Gasteiger partial charge in [-0.25, -0.2) is 28.1 Å². The van der Waals surface area contributed by atoms with E-state index in [4.69, 9.17) is 4.74 Å². The van der Waals surface area contributed by atoms with Crippen molar-refractivity contribution in [1.29, 1.82) is 0 Å². The smallest absolute Gasteiger partial charge is 0.194 e. The van der Waals surface area contributed by atoms with Gasteiger partial charge in [0.1, 0.15) is 42.0 Å². The Morgan fingerprint density at radius 1 is 1.06 bits per heavy atom. The number of rotatable bonds is 9. The van der Waals surface area contributed by atoms with Gasteiger partial charge < -0.3 is 14.9 Å². The molecular weight excluding hydrogens is 446 g/mol. The fourth-order valence-electron chi connectivity index (χ4n) is 3.42. The predicted molar refractivity (Wildman–Crippen MR) is 118 cm³/mol. The van der Waals surface area contributed by atoms with E-state index in [1.807, 2.05) is 0 Å². The highest BCUT2D eigenvalue weighted by atomic mass is 19.1. The van der Waals surface area contributed by atoms with Crippen molar-refractivity contribution < 1.29 is 23.7 Å². The van der Waals surface area contributed by atoms with Gasteiger partial charge in [0, 0.05) is 11.6 Å². The van der Waals surface area contributed by atoms with Crippen LogP contribution in [0.15, 0.2) is 61.4 Å². The fourth-order valence-corrected chi connectivity index (χ4v) is 3.42. The molecule has 0 saturated carbocycles. The molecule has 0 spiro atoms. The van der Waals surface area contributed by atoms with Crippen molar-refractivity contribution in [2.75, 3.05) is 0 Å². The van der Waals surface area contributed by atoms with Gasteiger partial charge in [-0.05, 0) is 36.8 Å². The van der Waals surface area contributed by atoms with Crippen LogP contribution in [-0.4, -0.2) is 46.0 Å². The third-order valence-electron chi connectivity index (χ3n) is 4.91. The summed E-state index contributed by atoms with van der Waals surface area (Å²) >= 11 is 0. The van der Waals surface area contributed by atoms with Crippen LogP contribution < -0.4 is 4.74 Å². The number of benzene rings is 2. The maximum atomic E-state index is 14.6. The summed E-state index contributed by atoms with van der Waals surface area (Å²) in [6.07, 6.45) is 6.65. The Bertz CT molecular complexity index is 1260. The molecule has 11 heteroatoms. The van der Waals surface area contributed by atoms with Gasteiger partial charge in [0.25, 0.3) is 0 Å². The van der Waals surface area contributed by atoms with Crippen LogP contribution in [0.4, 0.5) is 8.78 Å². The Kier molecular flexibility index (Phi) is 6.75. The molecule has 0 bridgehead atoms. The number of hydrogen-bond acceptors (Lipinski definition) is 7. The molecule has 2 unspecified atom stereocenters. The lowest BCUT2D eigenvalue weighted by Gasteiger charge is -2.28. The summed E-state index contributed by atoms with van der Waals surface area (Å²) in [5, 5.41) is 29.0. The van der Waals surface area contributed by atoms with Crippen LogP contribution in [0.2, 0.25) is 0 Å². The van der Waals surface area contributed by atoms with E-state index in [0.717, 1.165) is 11.6 Å². The summed E-state index contributed by atoms with van der Waals surface area (Å²) in [5.41, 5.74) is -1.05. The Morgan fingerprint density at radius 2 is 1.82 bits per heavy atom. The SMILES string of the molecule is CC(O)Oc1ccc(/C=C/c2ncn(CC(O)(Cn3cncn3)c3ccc(F)cc3F)n2)cc1. The maximum Gasteiger partial charge on any atom is 0.194 e. The molecular formula is C23H22F2N6O3. The van der Waals surface area contributed by atoms with Crippen LogP contribution in [0.1, 0.15) is 23.9 Å². The predicted octanol–water partition coefficient (Wildman–Crippen LogP) is 2.62. The Morgan fingerprint density at radius 3 is 2.50 bits per heavy atom. The summed E-state index contributed by atoms with van der Waals surface area (Å²) in [4.78, 5) is 8.05. The highest BCUT2D eigenvalue weighted by Gasteiger charge is 2.34. The van der Waals surface area contributed by atoms with Crippen molar-refractivity contribution in [2.45, 2.75) is 31.9 Å². The first-order valence-electron chi connectivity index (χ1n) is 10.3. The molecule has 34 heavy (non-hydrogen) atoms. The summed E-state index contributed by atoms with van der Waals surface area (Å²) in [6, 6.07) is 10.1. The molecule has 4 rings (SSSR count). The van der Waals surface area contributed by atoms with Crippen molar-refractivity contribution >= 4 is 12.2 Å². The minimum absolute atomic E-state index is 0.100. The van der Waals surface area contributed by atoms with Gasteiger partial charge in [-0.1, -0.05) is 24.3 Å². The molecule has 2 heterocycles. The van der Waals surface area contributed by atoms with E-state index >= 15 is 0 Å². The summed E-state index contributed by atoms with van der Waals surface area (Å²) in [5.74, 6) is -0.727.